The Labute approximate surface area is 237 Å². The Morgan fingerprint density at radius 2 is 1.68 bits per heavy atom. The van der Waals surface area contributed by atoms with Gasteiger partial charge >= 0.3 is 0 Å². The van der Waals surface area contributed by atoms with Crippen LogP contribution in [0.15, 0.2) is 65.8 Å². The van der Waals surface area contributed by atoms with Gasteiger partial charge in [0.25, 0.3) is 11.8 Å². The van der Waals surface area contributed by atoms with Crippen molar-refractivity contribution in [1.82, 2.24) is 10.7 Å². The van der Waals surface area contributed by atoms with E-state index in [4.69, 9.17) is 44.3 Å². The number of hydrazone groups is 1. The zero-order valence-corrected chi connectivity index (χ0v) is 23.4. The van der Waals surface area contributed by atoms with Crippen LogP contribution >= 0.6 is 34.8 Å². The molecule has 2 N–H and O–H groups in total. The van der Waals surface area contributed by atoms with Crippen LogP contribution in [0.4, 0.5) is 0 Å². The predicted molar refractivity (Wildman–Crippen MR) is 152 cm³/mol. The number of hydrogen-bond acceptors (Lipinski definition) is 5. The molecule has 1 unspecified atom stereocenters. The number of rotatable bonds is 11. The van der Waals surface area contributed by atoms with E-state index in [9.17, 15) is 9.59 Å². The maximum atomic E-state index is 12.8. The summed E-state index contributed by atoms with van der Waals surface area (Å²) in [7, 11) is 0. The second-order valence-corrected chi connectivity index (χ2v) is 9.80. The van der Waals surface area contributed by atoms with Crippen LogP contribution in [0.25, 0.3) is 0 Å². The van der Waals surface area contributed by atoms with Gasteiger partial charge in [0, 0.05) is 16.1 Å². The summed E-state index contributed by atoms with van der Waals surface area (Å²) in [5.74, 6) is -0.0258. The molecule has 38 heavy (non-hydrogen) atoms. The largest absolute Gasteiger partial charge is 0.490 e. The van der Waals surface area contributed by atoms with Gasteiger partial charge < -0.3 is 14.8 Å². The number of nitrogens with one attached hydrogen (secondary N) is 2. The smallest absolute Gasteiger partial charge is 0.262 e. The maximum Gasteiger partial charge on any atom is 0.262 e. The van der Waals surface area contributed by atoms with Gasteiger partial charge in [-0.2, -0.15) is 5.10 Å². The van der Waals surface area contributed by atoms with E-state index in [2.05, 4.69) is 15.8 Å². The summed E-state index contributed by atoms with van der Waals surface area (Å²) in [6.45, 7) is 6.23. The Balaban J connectivity index is 1.65. The fourth-order valence-corrected chi connectivity index (χ4v) is 3.89. The summed E-state index contributed by atoms with van der Waals surface area (Å²) in [4.78, 5) is 25.4. The molecule has 0 spiro atoms. The summed E-state index contributed by atoms with van der Waals surface area (Å²) in [5.41, 5.74) is 4.32. The second-order valence-electron chi connectivity index (χ2n) is 8.58. The third kappa shape index (κ3) is 8.12. The van der Waals surface area contributed by atoms with Crippen LogP contribution in [-0.4, -0.2) is 30.7 Å². The fraction of sp³-hybridized carbons (Fsp3) is 0.250. The van der Waals surface area contributed by atoms with Crippen LogP contribution in [0.1, 0.15) is 42.3 Å². The Hall–Kier alpha value is -3.26. The van der Waals surface area contributed by atoms with Crippen LogP contribution in [0, 0.1) is 5.92 Å². The van der Waals surface area contributed by atoms with E-state index in [1.54, 1.807) is 24.3 Å². The lowest BCUT2D eigenvalue weighted by atomic mass is 10.0. The molecule has 0 saturated carbocycles. The van der Waals surface area contributed by atoms with E-state index in [0.717, 1.165) is 5.56 Å². The van der Waals surface area contributed by atoms with Crippen molar-refractivity contribution < 1.29 is 19.1 Å². The molecule has 2 amide bonds. The average Bonchev–Trinajstić information content (AvgIpc) is 2.89. The zero-order chi connectivity index (χ0) is 27.7. The highest BCUT2D eigenvalue weighted by Gasteiger charge is 2.24. The second kappa shape index (κ2) is 14.0. The van der Waals surface area contributed by atoms with Crippen molar-refractivity contribution in [3.05, 3.63) is 92.4 Å². The molecule has 0 saturated heterocycles. The number of nitrogens with zero attached hydrogens (tertiary/aromatic N) is 1. The van der Waals surface area contributed by atoms with Crippen molar-refractivity contribution in [2.75, 3.05) is 6.61 Å². The number of hydrogen-bond donors (Lipinski definition) is 2. The number of halogens is 3. The monoisotopic (exact) mass is 575 g/mol. The zero-order valence-electron chi connectivity index (χ0n) is 21.1. The molecule has 3 rings (SSSR count). The van der Waals surface area contributed by atoms with E-state index < -0.39 is 17.9 Å². The first-order chi connectivity index (χ1) is 18.2. The number of carbonyl (C=O) groups excluding carboxylic acids is 2. The summed E-state index contributed by atoms with van der Waals surface area (Å²) in [6.07, 6.45) is 1.48. The first kappa shape index (κ1) is 29.3. The Kier molecular flexibility index (Phi) is 10.8. The van der Waals surface area contributed by atoms with Crippen LogP contribution in [0.2, 0.25) is 15.1 Å². The number of benzene rings is 3. The van der Waals surface area contributed by atoms with Gasteiger partial charge in [0.1, 0.15) is 12.6 Å². The maximum absolute atomic E-state index is 12.8. The minimum absolute atomic E-state index is 0.198. The molecule has 0 bridgehead atoms. The summed E-state index contributed by atoms with van der Waals surface area (Å²) >= 11 is 18.1. The quantitative estimate of drug-likeness (QED) is 0.201. The van der Waals surface area contributed by atoms with Crippen molar-refractivity contribution >= 4 is 52.8 Å². The topological polar surface area (TPSA) is 89.0 Å². The van der Waals surface area contributed by atoms with Crippen LogP contribution in [0.5, 0.6) is 11.5 Å². The lowest BCUT2D eigenvalue weighted by Gasteiger charge is -2.20. The van der Waals surface area contributed by atoms with Crippen LogP contribution in [0.3, 0.4) is 0 Å². The Bertz CT molecular complexity index is 1310. The lowest BCUT2D eigenvalue weighted by Crippen LogP contribution is -2.48. The molecule has 0 aliphatic rings. The van der Waals surface area contributed by atoms with Gasteiger partial charge in [0.15, 0.2) is 11.5 Å². The molecule has 0 aliphatic heterocycles. The molecule has 3 aromatic carbocycles. The number of carbonyl (C=O) groups is 2. The molecule has 0 aromatic heterocycles. The molecule has 3 aromatic rings. The normalized spacial score (nSPS) is 11.9. The standard InChI is InChI=1S/C28H28Cl3N3O4/c1-4-37-25-13-18(9-12-24(25)38-16-20-7-5-6-8-21(20)29)15-32-34-28(36)26(17(2)3)33-27(35)19-10-11-22(30)23(31)14-19/h5-15,17,26H,4,16H2,1-3H3,(H,33,35)(H,34,36)/b32-15+. The van der Waals surface area contributed by atoms with Gasteiger partial charge in [-0.15, -0.1) is 0 Å². The van der Waals surface area contributed by atoms with Crippen molar-refractivity contribution in [2.45, 2.75) is 33.4 Å². The third-order valence-electron chi connectivity index (χ3n) is 5.41. The molecule has 10 heteroatoms. The van der Waals surface area contributed by atoms with Gasteiger partial charge in [0.2, 0.25) is 0 Å². The van der Waals surface area contributed by atoms with Crippen LogP contribution < -0.4 is 20.2 Å². The highest BCUT2D eigenvalue weighted by molar-refractivity contribution is 6.42. The minimum atomic E-state index is -0.825. The molecule has 0 heterocycles. The summed E-state index contributed by atoms with van der Waals surface area (Å²) in [5, 5.41) is 7.99. The number of ether oxygens (including phenoxy) is 2. The molecule has 0 aliphatic carbocycles. The Morgan fingerprint density at radius 1 is 0.921 bits per heavy atom. The van der Waals surface area contributed by atoms with E-state index in [0.29, 0.717) is 39.3 Å². The molecule has 200 valence electrons. The van der Waals surface area contributed by atoms with Gasteiger partial charge in [-0.3, -0.25) is 9.59 Å². The molecule has 0 radical (unpaired) electrons. The molecule has 0 fully saturated rings. The highest BCUT2D eigenvalue weighted by atomic mass is 35.5. The van der Waals surface area contributed by atoms with Crippen molar-refractivity contribution in [1.29, 1.82) is 0 Å². The molecule has 7 nitrogen and oxygen atoms in total. The van der Waals surface area contributed by atoms with Crippen LogP contribution in [-0.2, 0) is 11.4 Å². The lowest BCUT2D eigenvalue weighted by molar-refractivity contribution is -0.123. The van der Waals surface area contributed by atoms with Crippen molar-refractivity contribution in [3.8, 4) is 11.5 Å². The van der Waals surface area contributed by atoms with Gasteiger partial charge in [-0.25, -0.2) is 5.43 Å². The summed E-state index contributed by atoms with van der Waals surface area (Å²) < 4.78 is 11.6. The highest BCUT2D eigenvalue weighted by Crippen LogP contribution is 2.29. The Morgan fingerprint density at radius 3 is 2.37 bits per heavy atom. The molecular weight excluding hydrogens is 549 g/mol. The van der Waals surface area contributed by atoms with E-state index in [-0.39, 0.29) is 17.5 Å². The van der Waals surface area contributed by atoms with Crippen molar-refractivity contribution in [2.24, 2.45) is 11.0 Å². The summed E-state index contributed by atoms with van der Waals surface area (Å²) in [6, 6.07) is 16.4. The first-order valence-electron chi connectivity index (χ1n) is 11.9. The van der Waals surface area contributed by atoms with Crippen molar-refractivity contribution in [3.63, 3.8) is 0 Å². The number of amides is 2. The van der Waals surface area contributed by atoms with Gasteiger partial charge in [-0.05, 0) is 60.9 Å². The molecule has 1 atom stereocenters. The fourth-order valence-electron chi connectivity index (χ4n) is 3.40. The molecular formula is C28H28Cl3N3O4. The SMILES string of the molecule is CCOc1cc(/C=N/NC(=O)C(NC(=O)c2ccc(Cl)c(Cl)c2)C(C)C)ccc1OCc1ccccc1Cl. The van der Waals surface area contributed by atoms with E-state index in [1.165, 1.54) is 24.4 Å². The average molecular weight is 577 g/mol. The van der Waals surface area contributed by atoms with E-state index in [1.807, 2.05) is 39.0 Å². The predicted octanol–water partition coefficient (Wildman–Crippen LogP) is 6.53. The van der Waals surface area contributed by atoms with Gasteiger partial charge in [0.05, 0.1) is 22.9 Å². The van der Waals surface area contributed by atoms with E-state index >= 15 is 0 Å². The third-order valence-corrected chi connectivity index (χ3v) is 6.52. The first-order valence-corrected chi connectivity index (χ1v) is 13.0. The minimum Gasteiger partial charge on any atom is -0.490 e. The van der Waals surface area contributed by atoms with Gasteiger partial charge in [-0.1, -0.05) is 66.8 Å².